The van der Waals surface area contributed by atoms with Gasteiger partial charge < -0.3 is 10.4 Å². The molecule has 1 saturated carbocycles. The van der Waals surface area contributed by atoms with Crippen molar-refractivity contribution in [2.24, 2.45) is 0 Å². The quantitative estimate of drug-likeness (QED) is 0.746. The molecule has 0 atom stereocenters. The van der Waals surface area contributed by atoms with Gasteiger partial charge in [0.2, 0.25) is 5.95 Å². The van der Waals surface area contributed by atoms with Gasteiger partial charge in [-0.25, -0.2) is 9.97 Å². The van der Waals surface area contributed by atoms with Gasteiger partial charge >= 0.3 is 0 Å². The Balaban J connectivity index is 1.88. The van der Waals surface area contributed by atoms with Gasteiger partial charge in [0.1, 0.15) is 0 Å². The Labute approximate surface area is 96.1 Å². The van der Waals surface area contributed by atoms with Gasteiger partial charge in [-0.15, -0.1) is 0 Å². The van der Waals surface area contributed by atoms with Crippen molar-refractivity contribution in [3.05, 3.63) is 18.0 Å². The average molecular weight is 221 g/mol. The molecule has 0 spiro atoms. The van der Waals surface area contributed by atoms with Crippen LogP contribution in [0.1, 0.15) is 43.6 Å². The van der Waals surface area contributed by atoms with Crippen molar-refractivity contribution >= 4 is 5.95 Å². The fourth-order valence-electron chi connectivity index (χ4n) is 2.18. The zero-order valence-electron chi connectivity index (χ0n) is 9.52. The van der Waals surface area contributed by atoms with Crippen LogP contribution in [0.2, 0.25) is 0 Å². The molecule has 4 nitrogen and oxygen atoms in total. The van der Waals surface area contributed by atoms with Gasteiger partial charge in [0.05, 0.1) is 0 Å². The fourth-order valence-corrected chi connectivity index (χ4v) is 2.18. The number of aromatic nitrogens is 2. The lowest BCUT2D eigenvalue weighted by Crippen LogP contribution is -2.07. The third kappa shape index (κ3) is 2.92. The Kier molecular flexibility index (Phi) is 4.10. The highest BCUT2D eigenvalue weighted by Gasteiger charge is 2.17. The van der Waals surface area contributed by atoms with E-state index in [9.17, 15) is 0 Å². The molecule has 88 valence electrons. The van der Waals surface area contributed by atoms with Gasteiger partial charge in [0.15, 0.2) is 0 Å². The van der Waals surface area contributed by atoms with Crippen LogP contribution in [0.25, 0.3) is 0 Å². The van der Waals surface area contributed by atoms with Crippen LogP contribution in [0.4, 0.5) is 5.95 Å². The van der Waals surface area contributed by atoms with Gasteiger partial charge in [0.25, 0.3) is 0 Å². The lowest BCUT2D eigenvalue weighted by Gasteiger charge is -2.09. The molecule has 0 amide bonds. The summed E-state index contributed by atoms with van der Waals surface area (Å²) >= 11 is 0. The first-order chi connectivity index (χ1) is 7.90. The Hall–Kier alpha value is -1.16. The smallest absolute Gasteiger partial charge is 0.222 e. The number of hydrogen-bond donors (Lipinski definition) is 2. The first-order valence-corrected chi connectivity index (χ1v) is 6.07. The van der Waals surface area contributed by atoms with Crippen LogP contribution < -0.4 is 5.32 Å². The molecule has 2 rings (SSSR count). The summed E-state index contributed by atoms with van der Waals surface area (Å²) in [5.74, 6) is 1.33. The summed E-state index contributed by atoms with van der Waals surface area (Å²) in [6.45, 7) is 0.923. The van der Waals surface area contributed by atoms with E-state index >= 15 is 0 Å². The van der Waals surface area contributed by atoms with Crippen LogP contribution in [0.15, 0.2) is 12.4 Å². The summed E-state index contributed by atoms with van der Waals surface area (Å²) in [6.07, 6.45) is 9.83. The molecular formula is C12H19N3O. The number of anilines is 1. The molecule has 1 heterocycles. The number of aliphatic hydroxyl groups is 1. The van der Waals surface area contributed by atoms with Gasteiger partial charge in [0, 0.05) is 25.5 Å². The molecule has 0 aliphatic heterocycles. The van der Waals surface area contributed by atoms with Crippen molar-refractivity contribution in [3.63, 3.8) is 0 Å². The second-order valence-corrected chi connectivity index (χ2v) is 4.33. The van der Waals surface area contributed by atoms with Crippen LogP contribution in [0.5, 0.6) is 0 Å². The molecule has 0 radical (unpaired) electrons. The van der Waals surface area contributed by atoms with E-state index in [1.54, 1.807) is 0 Å². The zero-order valence-corrected chi connectivity index (χ0v) is 9.52. The van der Waals surface area contributed by atoms with E-state index < -0.39 is 0 Å². The van der Waals surface area contributed by atoms with E-state index in [4.69, 9.17) is 5.11 Å². The Bertz CT molecular complexity index is 307. The maximum Gasteiger partial charge on any atom is 0.222 e. The highest BCUT2D eigenvalue weighted by atomic mass is 16.3. The first-order valence-electron chi connectivity index (χ1n) is 6.07. The maximum absolute atomic E-state index is 8.65. The summed E-state index contributed by atoms with van der Waals surface area (Å²) < 4.78 is 0. The summed E-state index contributed by atoms with van der Waals surface area (Å²) in [6, 6.07) is 0. The first kappa shape index (κ1) is 11.3. The highest BCUT2D eigenvalue weighted by Crippen LogP contribution is 2.33. The Morgan fingerprint density at radius 3 is 2.56 bits per heavy atom. The van der Waals surface area contributed by atoms with E-state index in [0.717, 1.165) is 13.0 Å². The second kappa shape index (κ2) is 5.80. The number of rotatable bonds is 5. The average Bonchev–Trinajstić information content (AvgIpc) is 2.84. The molecule has 16 heavy (non-hydrogen) atoms. The van der Waals surface area contributed by atoms with E-state index in [2.05, 4.69) is 15.3 Å². The maximum atomic E-state index is 8.65. The third-order valence-corrected chi connectivity index (χ3v) is 3.12. The molecule has 1 aliphatic carbocycles. The Morgan fingerprint density at radius 1 is 1.25 bits per heavy atom. The van der Waals surface area contributed by atoms with Gasteiger partial charge in [-0.1, -0.05) is 12.8 Å². The van der Waals surface area contributed by atoms with Crippen LogP contribution in [-0.2, 0) is 0 Å². The minimum atomic E-state index is 0.202. The van der Waals surface area contributed by atoms with Crippen molar-refractivity contribution in [1.82, 2.24) is 9.97 Å². The van der Waals surface area contributed by atoms with E-state index in [1.165, 1.54) is 31.2 Å². The molecule has 1 aromatic rings. The van der Waals surface area contributed by atoms with Crippen LogP contribution in [0.3, 0.4) is 0 Å². The standard InChI is InChI=1S/C12H19N3O/c16-7-3-6-13-12-14-8-11(9-15-12)10-4-1-2-5-10/h8-10,16H,1-7H2,(H,13,14,15). The molecule has 4 heteroatoms. The molecule has 0 unspecified atom stereocenters. The summed E-state index contributed by atoms with van der Waals surface area (Å²) in [4.78, 5) is 8.58. The normalized spacial score (nSPS) is 16.6. The molecule has 2 N–H and O–H groups in total. The van der Waals surface area contributed by atoms with Crippen LogP contribution in [0, 0.1) is 0 Å². The minimum Gasteiger partial charge on any atom is -0.396 e. The lowest BCUT2D eigenvalue weighted by atomic mass is 10.0. The molecule has 0 bridgehead atoms. The van der Waals surface area contributed by atoms with Gasteiger partial charge in [-0.05, 0) is 30.7 Å². The van der Waals surface area contributed by atoms with Crippen molar-refractivity contribution in [2.45, 2.75) is 38.0 Å². The van der Waals surface area contributed by atoms with Gasteiger partial charge in [-0.2, -0.15) is 0 Å². The molecule has 0 saturated heterocycles. The highest BCUT2D eigenvalue weighted by molar-refractivity contribution is 5.26. The SMILES string of the molecule is OCCCNc1ncc(C2CCCC2)cn1. The topological polar surface area (TPSA) is 58.0 Å². The second-order valence-electron chi connectivity index (χ2n) is 4.33. The zero-order chi connectivity index (χ0) is 11.2. The van der Waals surface area contributed by atoms with E-state index in [0.29, 0.717) is 11.9 Å². The molecule has 1 aromatic heterocycles. The summed E-state index contributed by atoms with van der Waals surface area (Å²) in [5.41, 5.74) is 1.27. The summed E-state index contributed by atoms with van der Waals surface area (Å²) in [5, 5.41) is 11.7. The number of nitrogens with zero attached hydrogens (tertiary/aromatic N) is 2. The number of aliphatic hydroxyl groups excluding tert-OH is 1. The Morgan fingerprint density at radius 2 is 1.94 bits per heavy atom. The fraction of sp³-hybridized carbons (Fsp3) is 0.667. The molecular weight excluding hydrogens is 202 g/mol. The predicted octanol–water partition coefficient (Wildman–Crippen LogP) is 1.93. The van der Waals surface area contributed by atoms with Crippen LogP contribution >= 0.6 is 0 Å². The minimum absolute atomic E-state index is 0.202. The van der Waals surface area contributed by atoms with E-state index in [1.807, 2.05) is 12.4 Å². The summed E-state index contributed by atoms with van der Waals surface area (Å²) in [7, 11) is 0. The van der Waals surface area contributed by atoms with Gasteiger partial charge in [-0.3, -0.25) is 0 Å². The number of nitrogens with one attached hydrogen (secondary N) is 1. The van der Waals surface area contributed by atoms with Crippen LogP contribution in [-0.4, -0.2) is 28.2 Å². The molecule has 0 aromatic carbocycles. The van der Waals surface area contributed by atoms with Crippen molar-refractivity contribution < 1.29 is 5.11 Å². The van der Waals surface area contributed by atoms with Crippen molar-refractivity contribution in [1.29, 1.82) is 0 Å². The predicted molar refractivity (Wildman–Crippen MR) is 63.4 cm³/mol. The molecule has 1 aliphatic rings. The van der Waals surface area contributed by atoms with Crippen molar-refractivity contribution in [3.8, 4) is 0 Å². The largest absolute Gasteiger partial charge is 0.396 e. The third-order valence-electron chi connectivity index (χ3n) is 3.12. The number of hydrogen-bond acceptors (Lipinski definition) is 4. The molecule has 1 fully saturated rings. The lowest BCUT2D eigenvalue weighted by molar-refractivity contribution is 0.292. The van der Waals surface area contributed by atoms with E-state index in [-0.39, 0.29) is 6.61 Å². The monoisotopic (exact) mass is 221 g/mol. The van der Waals surface area contributed by atoms with Crippen molar-refractivity contribution in [2.75, 3.05) is 18.5 Å².